The molecule has 4 rings (SSSR count). The van der Waals surface area contributed by atoms with Gasteiger partial charge in [0, 0.05) is 19.1 Å². The van der Waals surface area contributed by atoms with E-state index in [1.807, 2.05) is 6.92 Å². The van der Waals surface area contributed by atoms with Gasteiger partial charge in [0.2, 0.25) is 6.41 Å². The van der Waals surface area contributed by atoms with Gasteiger partial charge in [-0.05, 0) is 48.2 Å². The van der Waals surface area contributed by atoms with Gasteiger partial charge < -0.3 is 19.1 Å². The van der Waals surface area contributed by atoms with E-state index in [1.54, 1.807) is 33.7 Å². The van der Waals surface area contributed by atoms with Crippen molar-refractivity contribution in [1.82, 2.24) is 14.0 Å². The molecule has 1 aliphatic rings. The number of benzene rings is 2. The van der Waals surface area contributed by atoms with E-state index in [-0.39, 0.29) is 29.6 Å². The van der Waals surface area contributed by atoms with Crippen molar-refractivity contribution in [3.05, 3.63) is 62.8 Å². The molecule has 2 heterocycles. The van der Waals surface area contributed by atoms with Crippen molar-refractivity contribution in [2.75, 3.05) is 33.9 Å². The summed E-state index contributed by atoms with van der Waals surface area (Å²) in [6.45, 7) is 2.02. The highest BCUT2D eigenvalue weighted by molar-refractivity contribution is 5.80. The van der Waals surface area contributed by atoms with Gasteiger partial charge in [-0.2, -0.15) is 0 Å². The third-order valence-corrected chi connectivity index (χ3v) is 6.68. The Morgan fingerprint density at radius 2 is 1.84 bits per heavy atom. The lowest BCUT2D eigenvalue weighted by Gasteiger charge is -2.36. The van der Waals surface area contributed by atoms with Crippen LogP contribution >= 0.6 is 0 Å². The molecule has 1 aromatic heterocycles. The number of rotatable bonds is 9. The first-order valence-corrected chi connectivity index (χ1v) is 11.9. The number of alkyl halides is 2. The summed E-state index contributed by atoms with van der Waals surface area (Å²) in [4.78, 5) is 40.4. The van der Waals surface area contributed by atoms with E-state index in [2.05, 4.69) is 0 Å². The molecule has 0 bridgehead atoms. The van der Waals surface area contributed by atoms with Gasteiger partial charge in [0.25, 0.3) is 12.0 Å². The molecule has 198 valence electrons. The Kier molecular flexibility index (Phi) is 7.80. The Morgan fingerprint density at radius 1 is 1.08 bits per heavy atom. The molecule has 2 atom stereocenters. The summed E-state index contributed by atoms with van der Waals surface area (Å²) in [5.41, 5.74) is -0.0347. The molecule has 0 aliphatic carbocycles. The van der Waals surface area contributed by atoms with Crippen molar-refractivity contribution >= 4 is 17.3 Å². The largest absolute Gasteiger partial charge is 0.493 e. The quantitative estimate of drug-likeness (QED) is 0.406. The molecule has 37 heavy (non-hydrogen) atoms. The predicted octanol–water partition coefficient (Wildman–Crippen LogP) is 2.91. The number of halogens is 2. The predicted molar refractivity (Wildman–Crippen MR) is 133 cm³/mol. The van der Waals surface area contributed by atoms with Crippen LogP contribution in [0.15, 0.2) is 46.0 Å². The number of carbonyl (C=O) groups excluding carboxylic acids is 1. The zero-order valence-corrected chi connectivity index (χ0v) is 20.9. The second kappa shape index (κ2) is 11.0. The van der Waals surface area contributed by atoms with Crippen molar-refractivity contribution in [3.8, 4) is 17.2 Å². The maximum absolute atomic E-state index is 13.8. The standard InChI is InChI=1S/C26H29F2N3O6/c1-16-12-29(15-32)9-8-20(16)31-21-6-5-18(37-14-24(27)28)11-19(21)25(33)30(26(31)34)13-17-4-7-22(35-2)23(10-17)36-3/h4-7,10-11,15-16,20,24H,8-9,12-14H2,1-3H3. The number of nitrogens with zero attached hydrogens (tertiary/aromatic N) is 3. The minimum atomic E-state index is -2.67. The number of piperidine rings is 1. The third-order valence-electron chi connectivity index (χ3n) is 6.68. The number of hydrogen-bond acceptors (Lipinski definition) is 6. The molecule has 2 unspecified atom stereocenters. The van der Waals surface area contributed by atoms with Crippen LogP contribution in [0.2, 0.25) is 0 Å². The van der Waals surface area contributed by atoms with Crippen LogP contribution in [0.25, 0.3) is 10.9 Å². The van der Waals surface area contributed by atoms with E-state index in [9.17, 15) is 23.2 Å². The van der Waals surface area contributed by atoms with Crippen LogP contribution in [-0.4, -0.2) is 60.8 Å². The summed E-state index contributed by atoms with van der Waals surface area (Å²) >= 11 is 0. The van der Waals surface area contributed by atoms with Crippen molar-refractivity contribution in [2.45, 2.75) is 32.4 Å². The Morgan fingerprint density at radius 3 is 2.49 bits per heavy atom. The number of fused-ring (bicyclic) bond motifs is 1. The van der Waals surface area contributed by atoms with Crippen LogP contribution in [0.1, 0.15) is 24.9 Å². The molecule has 0 N–H and O–H groups in total. The molecule has 0 spiro atoms. The van der Waals surface area contributed by atoms with Crippen molar-refractivity contribution < 1.29 is 27.8 Å². The lowest BCUT2D eigenvalue weighted by molar-refractivity contribution is -0.120. The molecule has 9 nitrogen and oxygen atoms in total. The molecule has 1 saturated heterocycles. The smallest absolute Gasteiger partial charge is 0.332 e. The van der Waals surface area contributed by atoms with E-state index in [0.717, 1.165) is 11.0 Å². The van der Waals surface area contributed by atoms with Gasteiger partial charge in [0.15, 0.2) is 11.5 Å². The molecule has 0 saturated carbocycles. The van der Waals surface area contributed by atoms with Crippen LogP contribution in [0.3, 0.4) is 0 Å². The highest BCUT2D eigenvalue weighted by atomic mass is 19.3. The normalized spacial score (nSPS) is 17.7. The van der Waals surface area contributed by atoms with Gasteiger partial charge in [0.1, 0.15) is 12.4 Å². The molecule has 3 aromatic rings. The first-order chi connectivity index (χ1) is 17.8. The zero-order valence-electron chi connectivity index (χ0n) is 20.9. The van der Waals surface area contributed by atoms with Gasteiger partial charge in [-0.25, -0.2) is 13.6 Å². The number of ether oxygens (including phenoxy) is 3. The fraction of sp³-hybridized carbons (Fsp3) is 0.423. The summed E-state index contributed by atoms with van der Waals surface area (Å²) in [5, 5.41) is 0.178. The van der Waals surface area contributed by atoms with Crippen LogP contribution in [-0.2, 0) is 11.3 Å². The molecule has 11 heteroatoms. The Labute approximate surface area is 211 Å². The summed E-state index contributed by atoms with van der Waals surface area (Å²) < 4.78 is 43.9. The van der Waals surface area contributed by atoms with E-state index >= 15 is 0 Å². The minimum absolute atomic E-state index is 0.0440. The average Bonchev–Trinajstić information content (AvgIpc) is 2.90. The average molecular weight is 518 g/mol. The van der Waals surface area contributed by atoms with E-state index in [4.69, 9.17) is 14.2 Å². The second-order valence-electron chi connectivity index (χ2n) is 9.05. The first-order valence-electron chi connectivity index (χ1n) is 11.9. The van der Waals surface area contributed by atoms with Crippen molar-refractivity contribution in [1.29, 1.82) is 0 Å². The van der Waals surface area contributed by atoms with Crippen molar-refractivity contribution in [2.24, 2.45) is 5.92 Å². The lowest BCUT2D eigenvalue weighted by Crippen LogP contribution is -2.47. The van der Waals surface area contributed by atoms with Gasteiger partial charge in [-0.1, -0.05) is 13.0 Å². The molecule has 1 amide bonds. The monoisotopic (exact) mass is 517 g/mol. The summed E-state index contributed by atoms with van der Waals surface area (Å²) in [7, 11) is 3.00. The molecule has 1 fully saturated rings. The highest BCUT2D eigenvalue weighted by Gasteiger charge is 2.30. The fourth-order valence-electron chi connectivity index (χ4n) is 4.88. The Balaban J connectivity index is 1.87. The van der Waals surface area contributed by atoms with Crippen LogP contribution < -0.4 is 25.5 Å². The van der Waals surface area contributed by atoms with Gasteiger partial charge in [-0.15, -0.1) is 0 Å². The van der Waals surface area contributed by atoms with Gasteiger partial charge in [0.05, 0.1) is 31.7 Å². The lowest BCUT2D eigenvalue weighted by atomic mass is 9.93. The SMILES string of the molecule is COc1ccc(Cn2c(=O)c3cc(OCC(F)F)ccc3n(C3CCN(C=O)CC3C)c2=O)cc1OC. The summed E-state index contributed by atoms with van der Waals surface area (Å²) in [5.74, 6) is 0.996. The number of methoxy groups -OCH3 is 2. The number of carbonyl (C=O) groups is 1. The molecule has 2 aromatic carbocycles. The van der Waals surface area contributed by atoms with E-state index in [1.165, 1.54) is 26.4 Å². The van der Waals surface area contributed by atoms with Crippen LogP contribution in [0, 0.1) is 5.92 Å². The number of aromatic nitrogens is 2. The van der Waals surface area contributed by atoms with Gasteiger partial charge >= 0.3 is 5.69 Å². The molecular formula is C26H29F2N3O6. The minimum Gasteiger partial charge on any atom is -0.493 e. The molecule has 0 radical (unpaired) electrons. The maximum atomic E-state index is 13.8. The number of amides is 1. The Hall–Kier alpha value is -3.89. The van der Waals surface area contributed by atoms with Gasteiger partial charge in [-0.3, -0.25) is 18.7 Å². The number of likely N-dealkylation sites (tertiary alicyclic amines) is 1. The highest BCUT2D eigenvalue weighted by Crippen LogP contribution is 2.30. The maximum Gasteiger partial charge on any atom is 0.332 e. The number of hydrogen-bond donors (Lipinski definition) is 0. The molecular weight excluding hydrogens is 488 g/mol. The third kappa shape index (κ3) is 5.30. The summed E-state index contributed by atoms with van der Waals surface area (Å²) in [6.07, 6.45) is -1.36. The van der Waals surface area contributed by atoms with Crippen LogP contribution in [0.5, 0.6) is 17.2 Å². The first kappa shape index (κ1) is 26.2. The van der Waals surface area contributed by atoms with E-state index in [0.29, 0.717) is 42.1 Å². The van der Waals surface area contributed by atoms with Crippen LogP contribution in [0.4, 0.5) is 8.78 Å². The van der Waals surface area contributed by atoms with Crippen molar-refractivity contribution in [3.63, 3.8) is 0 Å². The zero-order chi connectivity index (χ0) is 26.7. The summed E-state index contributed by atoms with van der Waals surface area (Å²) in [6, 6.07) is 9.25. The second-order valence-corrected chi connectivity index (χ2v) is 9.05. The fourth-order valence-corrected chi connectivity index (χ4v) is 4.88. The molecule has 1 aliphatic heterocycles. The van der Waals surface area contributed by atoms with E-state index < -0.39 is 24.3 Å². The topological polar surface area (TPSA) is 92.0 Å². The Bertz CT molecular complexity index is 1400.